The molecule has 0 aliphatic carbocycles. The molecule has 0 aromatic heterocycles. The van der Waals surface area contributed by atoms with Crippen LogP contribution in [-0.4, -0.2) is 40.3 Å². The summed E-state index contributed by atoms with van der Waals surface area (Å²) in [4.78, 5) is 25.4. The van der Waals surface area contributed by atoms with E-state index in [1.54, 1.807) is 45.0 Å². The van der Waals surface area contributed by atoms with Gasteiger partial charge < -0.3 is 14.7 Å². The number of ether oxygens (including phenoxy) is 1. The van der Waals surface area contributed by atoms with Gasteiger partial charge in [-0.2, -0.15) is 0 Å². The highest BCUT2D eigenvalue weighted by Gasteiger charge is 2.30. The van der Waals surface area contributed by atoms with Crippen LogP contribution in [0.1, 0.15) is 46.1 Å². The van der Waals surface area contributed by atoms with Gasteiger partial charge in [-0.3, -0.25) is 4.79 Å². The van der Waals surface area contributed by atoms with E-state index in [0.29, 0.717) is 10.6 Å². The molecule has 1 aromatic rings. The van der Waals surface area contributed by atoms with Gasteiger partial charge in [0.05, 0.1) is 5.92 Å². The normalized spacial score (nSPS) is 12.8. The van der Waals surface area contributed by atoms with Crippen LogP contribution in [0.15, 0.2) is 24.3 Å². The summed E-state index contributed by atoms with van der Waals surface area (Å²) >= 11 is 5.84. The first-order valence-electron chi connectivity index (χ1n) is 7.49. The Morgan fingerprint density at radius 3 is 2.13 bits per heavy atom. The molecule has 0 bridgehead atoms. The minimum absolute atomic E-state index is 0.0313. The largest absolute Gasteiger partial charge is 0.481 e. The van der Waals surface area contributed by atoms with E-state index < -0.39 is 23.6 Å². The maximum absolute atomic E-state index is 12.3. The number of rotatable bonds is 5. The molecule has 1 amide bonds. The van der Waals surface area contributed by atoms with Gasteiger partial charge in [-0.15, -0.1) is 0 Å². The Balaban J connectivity index is 3.00. The first kappa shape index (κ1) is 19.3. The highest BCUT2D eigenvalue weighted by Crippen LogP contribution is 2.22. The van der Waals surface area contributed by atoms with E-state index in [1.807, 2.05) is 13.8 Å². The number of halogens is 1. The van der Waals surface area contributed by atoms with Crippen molar-refractivity contribution in [1.29, 1.82) is 0 Å². The van der Waals surface area contributed by atoms with E-state index in [0.717, 1.165) is 0 Å². The van der Waals surface area contributed by atoms with Crippen molar-refractivity contribution < 1.29 is 19.4 Å². The number of aliphatic carboxylic acids is 1. The third-order valence-corrected chi connectivity index (χ3v) is 3.45. The maximum atomic E-state index is 12.3. The molecular weight excluding hydrogens is 318 g/mol. The Labute approximate surface area is 142 Å². The second-order valence-corrected chi connectivity index (χ2v) is 7.11. The summed E-state index contributed by atoms with van der Waals surface area (Å²) < 4.78 is 5.37. The van der Waals surface area contributed by atoms with Gasteiger partial charge in [0.1, 0.15) is 5.60 Å². The lowest BCUT2D eigenvalue weighted by Crippen LogP contribution is -2.44. The molecule has 0 saturated carbocycles. The number of carbonyl (C=O) groups is 2. The van der Waals surface area contributed by atoms with Crippen LogP contribution in [0.3, 0.4) is 0 Å². The zero-order valence-corrected chi connectivity index (χ0v) is 14.9. The van der Waals surface area contributed by atoms with Crippen LogP contribution in [0.4, 0.5) is 4.79 Å². The molecule has 1 atom stereocenters. The van der Waals surface area contributed by atoms with Crippen LogP contribution in [0, 0.1) is 0 Å². The van der Waals surface area contributed by atoms with Crippen molar-refractivity contribution in [2.24, 2.45) is 0 Å². The SMILES string of the molecule is CC(C)N(CC(C(=O)O)c1ccc(Cl)cc1)C(=O)OC(C)(C)C. The lowest BCUT2D eigenvalue weighted by atomic mass is 9.98. The first-order valence-corrected chi connectivity index (χ1v) is 7.87. The predicted molar refractivity (Wildman–Crippen MR) is 89.9 cm³/mol. The Morgan fingerprint density at radius 2 is 1.74 bits per heavy atom. The van der Waals surface area contributed by atoms with Crippen molar-refractivity contribution in [3.8, 4) is 0 Å². The molecule has 1 rings (SSSR count). The molecule has 6 heteroatoms. The standard InChI is InChI=1S/C17H24ClNO4/c1-11(2)19(16(22)23-17(3,4)5)10-14(15(20)21)12-6-8-13(18)9-7-12/h6-9,11,14H,10H2,1-5H3,(H,20,21). The van der Waals surface area contributed by atoms with Crippen molar-refractivity contribution >= 4 is 23.7 Å². The average Bonchev–Trinajstić information content (AvgIpc) is 2.38. The summed E-state index contributed by atoms with van der Waals surface area (Å²) in [6.45, 7) is 9.00. The van der Waals surface area contributed by atoms with Gasteiger partial charge in [0.15, 0.2) is 0 Å². The summed E-state index contributed by atoms with van der Waals surface area (Å²) in [5.41, 5.74) is -0.0421. The molecule has 1 aromatic carbocycles. The van der Waals surface area contributed by atoms with Crippen LogP contribution >= 0.6 is 11.6 Å². The zero-order valence-electron chi connectivity index (χ0n) is 14.2. The fraction of sp³-hybridized carbons (Fsp3) is 0.529. The summed E-state index contributed by atoms with van der Waals surface area (Å²) in [6, 6.07) is 6.42. The fourth-order valence-corrected chi connectivity index (χ4v) is 2.16. The van der Waals surface area contributed by atoms with Crippen molar-refractivity contribution in [3.05, 3.63) is 34.9 Å². The van der Waals surface area contributed by atoms with E-state index in [-0.39, 0.29) is 12.6 Å². The monoisotopic (exact) mass is 341 g/mol. The molecule has 1 unspecified atom stereocenters. The van der Waals surface area contributed by atoms with Crippen molar-refractivity contribution in [2.45, 2.75) is 52.2 Å². The lowest BCUT2D eigenvalue weighted by Gasteiger charge is -2.32. The van der Waals surface area contributed by atoms with E-state index >= 15 is 0 Å². The number of nitrogens with zero attached hydrogens (tertiary/aromatic N) is 1. The van der Waals surface area contributed by atoms with Crippen LogP contribution in [0.2, 0.25) is 5.02 Å². The Kier molecular flexibility index (Phi) is 6.45. The predicted octanol–water partition coefficient (Wildman–Crippen LogP) is 4.15. The molecule has 0 saturated heterocycles. The number of carboxylic acid groups (broad SMARTS) is 1. The van der Waals surface area contributed by atoms with Crippen LogP contribution in [0.25, 0.3) is 0 Å². The second kappa shape index (κ2) is 7.68. The molecule has 1 N–H and O–H groups in total. The molecule has 0 heterocycles. The van der Waals surface area contributed by atoms with E-state index in [9.17, 15) is 14.7 Å². The smallest absolute Gasteiger partial charge is 0.410 e. The van der Waals surface area contributed by atoms with E-state index in [2.05, 4.69) is 0 Å². The van der Waals surface area contributed by atoms with Crippen LogP contribution < -0.4 is 0 Å². The van der Waals surface area contributed by atoms with E-state index in [1.165, 1.54) is 4.90 Å². The number of hydrogen-bond donors (Lipinski definition) is 1. The average molecular weight is 342 g/mol. The Morgan fingerprint density at radius 1 is 1.22 bits per heavy atom. The molecule has 23 heavy (non-hydrogen) atoms. The highest BCUT2D eigenvalue weighted by atomic mass is 35.5. The third kappa shape index (κ3) is 6.10. The second-order valence-electron chi connectivity index (χ2n) is 6.67. The lowest BCUT2D eigenvalue weighted by molar-refractivity contribution is -0.139. The van der Waals surface area contributed by atoms with Gasteiger partial charge in [-0.05, 0) is 52.3 Å². The fourth-order valence-electron chi connectivity index (χ4n) is 2.03. The van der Waals surface area contributed by atoms with Crippen molar-refractivity contribution in [1.82, 2.24) is 4.90 Å². The van der Waals surface area contributed by atoms with Crippen LogP contribution in [-0.2, 0) is 9.53 Å². The van der Waals surface area contributed by atoms with Crippen LogP contribution in [0.5, 0.6) is 0 Å². The van der Waals surface area contributed by atoms with Gasteiger partial charge >= 0.3 is 12.1 Å². The van der Waals surface area contributed by atoms with Crippen molar-refractivity contribution in [2.75, 3.05) is 6.54 Å². The summed E-state index contributed by atoms with van der Waals surface area (Å²) in [7, 11) is 0. The minimum Gasteiger partial charge on any atom is -0.481 e. The summed E-state index contributed by atoms with van der Waals surface area (Å²) in [6.07, 6.45) is -0.521. The van der Waals surface area contributed by atoms with E-state index in [4.69, 9.17) is 16.3 Å². The zero-order chi connectivity index (χ0) is 17.8. The molecule has 5 nitrogen and oxygen atoms in total. The number of carbonyl (C=O) groups excluding carboxylic acids is 1. The van der Waals surface area contributed by atoms with Gasteiger partial charge in [0, 0.05) is 17.6 Å². The molecule has 0 radical (unpaired) electrons. The number of carboxylic acids is 1. The van der Waals surface area contributed by atoms with Gasteiger partial charge in [0.25, 0.3) is 0 Å². The molecule has 0 fully saturated rings. The molecule has 0 aliphatic rings. The molecule has 128 valence electrons. The van der Waals surface area contributed by atoms with Crippen molar-refractivity contribution in [3.63, 3.8) is 0 Å². The quantitative estimate of drug-likeness (QED) is 0.873. The number of benzene rings is 1. The molecule has 0 aliphatic heterocycles. The van der Waals surface area contributed by atoms with Gasteiger partial charge in [-0.25, -0.2) is 4.79 Å². The Bertz CT molecular complexity index is 549. The first-order chi connectivity index (χ1) is 10.5. The molecule has 0 spiro atoms. The molecular formula is C17H24ClNO4. The Hall–Kier alpha value is -1.75. The minimum atomic E-state index is -0.999. The number of amides is 1. The topological polar surface area (TPSA) is 66.8 Å². The highest BCUT2D eigenvalue weighted by molar-refractivity contribution is 6.30. The van der Waals surface area contributed by atoms with Gasteiger partial charge in [0.2, 0.25) is 0 Å². The summed E-state index contributed by atoms with van der Waals surface area (Å²) in [5.74, 6) is -1.84. The maximum Gasteiger partial charge on any atom is 0.410 e. The summed E-state index contributed by atoms with van der Waals surface area (Å²) in [5, 5.41) is 10.1. The van der Waals surface area contributed by atoms with Gasteiger partial charge in [-0.1, -0.05) is 23.7 Å². The number of hydrogen-bond acceptors (Lipinski definition) is 3. The third-order valence-electron chi connectivity index (χ3n) is 3.20.